The van der Waals surface area contributed by atoms with Crippen LogP contribution in [0.5, 0.6) is 0 Å². The minimum atomic E-state index is 0.0272. The van der Waals surface area contributed by atoms with Gasteiger partial charge in [-0.25, -0.2) is 0 Å². The number of anilines is 1. The number of pyridine rings is 1. The van der Waals surface area contributed by atoms with Crippen LogP contribution in [0.4, 0.5) is 5.69 Å². The number of benzene rings is 1. The summed E-state index contributed by atoms with van der Waals surface area (Å²) in [5.74, 6) is 0.0272. The minimum Gasteiger partial charge on any atom is -0.306 e. The van der Waals surface area contributed by atoms with E-state index in [4.69, 9.17) is 0 Å². The van der Waals surface area contributed by atoms with E-state index in [9.17, 15) is 4.79 Å². The molecule has 1 amide bonds. The summed E-state index contributed by atoms with van der Waals surface area (Å²) in [6, 6.07) is 11.8. The second kappa shape index (κ2) is 4.69. The Hall–Kier alpha value is -2.42. The molecular formula is C16H14N2O. The largest absolute Gasteiger partial charge is 0.306 e. The summed E-state index contributed by atoms with van der Waals surface area (Å²) in [7, 11) is 0. The molecule has 0 spiro atoms. The molecule has 0 bridgehead atoms. The predicted molar refractivity (Wildman–Crippen MR) is 76.5 cm³/mol. The summed E-state index contributed by atoms with van der Waals surface area (Å²) in [5.41, 5.74) is 3.96. The van der Waals surface area contributed by atoms with E-state index in [0.717, 1.165) is 22.5 Å². The van der Waals surface area contributed by atoms with Crippen molar-refractivity contribution in [3.63, 3.8) is 0 Å². The monoisotopic (exact) mass is 250 g/mol. The smallest absolute Gasteiger partial charge is 0.224 e. The first-order valence-electron chi connectivity index (χ1n) is 6.25. The molecule has 2 heterocycles. The van der Waals surface area contributed by atoms with Gasteiger partial charge < -0.3 is 4.90 Å². The van der Waals surface area contributed by atoms with Crippen molar-refractivity contribution in [3.05, 3.63) is 59.4 Å². The highest BCUT2D eigenvalue weighted by molar-refractivity contribution is 5.95. The second-order valence-corrected chi connectivity index (χ2v) is 4.54. The van der Waals surface area contributed by atoms with Gasteiger partial charge in [0.25, 0.3) is 0 Å². The highest BCUT2D eigenvalue weighted by Crippen LogP contribution is 2.27. The maximum atomic E-state index is 11.9. The average Bonchev–Trinajstić information content (AvgIpc) is 2.41. The lowest BCUT2D eigenvalue weighted by Gasteiger charge is -2.25. The number of hydrogen-bond acceptors (Lipinski definition) is 2. The van der Waals surface area contributed by atoms with Crippen molar-refractivity contribution in [1.29, 1.82) is 0 Å². The van der Waals surface area contributed by atoms with Gasteiger partial charge in [0, 0.05) is 13.1 Å². The number of para-hydroxylation sites is 1. The third-order valence-corrected chi connectivity index (χ3v) is 3.28. The Morgan fingerprint density at radius 1 is 1.11 bits per heavy atom. The topological polar surface area (TPSA) is 33.2 Å². The number of rotatable bonds is 0. The van der Waals surface area contributed by atoms with Crippen LogP contribution in [0, 0.1) is 0 Å². The first kappa shape index (κ1) is 11.7. The van der Waals surface area contributed by atoms with E-state index in [1.807, 2.05) is 42.5 Å². The van der Waals surface area contributed by atoms with Crippen molar-refractivity contribution < 1.29 is 4.79 Å². The molecule has 3 rings (SSSR count). The summed E-state index contributed by atoms with van der Waals surface area (Å²) in [6.07, 6.45) is 5.85. The van der Waals surface area contributed by atoms with Gasteiger partial charge in [0.1, 0.15) is 0 Å². The third kappa shape index (κ3) is 2.15. The van der Waals surface area contributed by atoms with E-state index in [0.29, 0.717) is 6.54 Å². The van der Waals surface area contributed by atoms with E-state index >= 15 is 0 Å². The standard InChI is InChI=1S/C16H14N2O/c1-12(19)18-11-15-13(6-4-10-17-15)8-9-14-5-2-3-7-16(14)18/h2-10H,11H2,1H3/b9-8-. The molecule has 0 saturated heterocycles. The fourth-order valence-electron chi connectivity index (χ4n) is 2.30. The Bertz CT molecular complexity index is 661. The fraction of sp³-hybridized carbons (Fsp3) is 0.125. The Morgan fingerprint density at radius 2 is 1.84 bits per heavy atom. The second-order valence-electron chi connectivity index (χ2n) is 4.54. The van der Waals surface area contributed by atoms with Gasteiger partial charge in [-0.3, -0.25) is 9.78 Å². The molecule has 1 aromatic heterocycles. The summed E-state index contributed by atoms with van der Waals surface area (Å²) < 4.78 is 0. The summed E-state index contributed by atoms with van der Waals surface area (Å²) in [5, 5.41) is 0. The van der Waals surface area contributed by atoms with Crippen LogP contribution >= 0.6 is 0 Å². The van der Waals surface area contributed by atoms with Crippen LogP contribution in [0.3, 0.4) is 0 Å². The van der Waals surface area contributed by atoms with E-state index in [2.05, 4.69) is 11.1 Å². The molecule has 3 heteroatoms. The quantitative estimate of drug-likeness (QED) is 0.719. The van der Waals surface area contributed by atoms with Crippen molar-refractivity contribution in [2.24, 2.45) is 0 Å². The Kier molecular flexibility index (Phi) is 2.88. The highest BCUT2D eigenvalue weighted by atomic mass is 16.2. The van der Waals surface area contributed by atoms with Crippen LogP contribution in [0.15, 0.2) is 42.6 Å². The third-order valence-electron chi connectivity index (χ3n) is 3.28. The van der Waals surface area contributed by atoms with Crippen LogP contribution < -0.4 is 4.90 Å². The molecule has 0 unspecified atom stereocenters. The molecule has 94 valence electrons. The first-order valence-corrected chi connectivity index (χ1v) is 6.25. The van der Waals surface area contributed by atoms with Gasteiger partial charge in [0.15, 0.2) is 0 Å². The zero-order chi connectivity index (χ0) is 13.2. The van der Waals surface area contributed by atoms with Gasteiger partial charge in [-0.15, -0.1) is 0 Å². The van der Waals surface area contributed by atoms with Crippen molar-refractivity contribution in [3.8, 4) is 0 Å². The van der Waals surface area contributed by atoms with Gasteiger partial charge in [-0.2, -0.15) is 0 Å². The van der Waals surface area contributed by atoms with E-state index in [1.165, 1.54) is 0 Å². The molecule has 0 atom stereocenters. The minimum absolute atomic E-state index is 0.0272. The zero-order valence-corrected chi connectivity index (χ0v) is 10.7. The van der Waals surface area contributed by atoms with Crippen molar-refractivity contribution in [2.45, 2.75) is 13.5 Å². The first-order chi connectivity index (χ1) is 9.25. The maximum absolute atomic E-state index is 11.9. The summed E-state index contributed by atoms with van der Waals surface area (Å²) >= 11 is 0. The number of amides is 1. The molecule has 0 fully saturated rings. The molecule has 0 N–H and O–H groups in total. The van der Waals surface area contributed by atoms with E-state index < -0.39 is 0 Å². The van der Waals surface area contributed by atoms with Gasteiger partial charge in [-0.05, 0) is 23.3 Å². The van der Waals surface area contributed by atoms with Crippen LogP contribution in [0.1, 0.15) is 23.7 Å². The number of fused-ring (bicyclic) bond motifs is 2. The molecule has 1 aliphatic heterocycles. The highest BCUT2D eigenvalue weighted by Gasteiger charge is 2.18. The molecule has 0 saturated carbocycles. The molecular weight excluding hydrogens is 236 g/mol. The maximum Gasteiger partial charge on any atom is 0.224 e. The summed E-state index contributed by atoms with van der Waals surface area (Å²) in [6.45, 7) is 2.09. The number of carbonyl (C=O) groups excluding carboxylic acids is 1. The number of aromatic nitrogens is 1. The molecule has 2 aromatic rings. The number of nitrogens with zero attached hydrogens (tertiary/aromatic N) is 2. The van der Waals surface area contributed by atoms with Gasteiger partial charge in [0.2, 0.25) is 5.91 Å². The Morgan fingerprint density at radius 3 is 2.68 bits per heavy atom. The predicted octanol–water partition coefficient (Wildman–Crippen LogP) is 3.12. The SMILES string of the molecule is CC(=O)N1Cc2ncccc2/C=C\c2ccccc21. The number of hydrogen-bond donors (Lipinski definition) is 0. The van der Waals surface area contributed by atoms with Crippen LogP contribution in [-0.2, 0) is 11.3 Å². The zero-order valence-electron chi connectivity index (χ0n) is 10.7. The fourth-order valence-corrected chi connectivity index (χ4v) is 2.30. The van der Waals surface area contributed by atoms with Gasteiger partial charge in [0.05, 0.1) is 17.9 Å². The molecule has 19 heavy (non-hydrogen) atoms. The average molecular weight is 250 g/mol. The van der Waals surface area contributed by atoms with Gasteiger partial charge >= 0.3 is 0 Å². The lowest BCUT2D eigenvalue weighted by molar-refractivity contribution is -0.116. The lowest BCUT2D eigenvalue weighted by Crippen LogP contribution is -2.29. The summed E-state index contributed by atoms with van der Waals surface area (Å²) in [4.78, 5) is 18.1. The van der Waals surface area contributed by atoms with Crippen molar-refractivity contribution in [1.82, 2.24) is 4.98 Å². The van der Waals surface area contributed by atoms with Crippen molar-refractivity contribution in [2.75, 3.05) is 4.90 Å². The van der Waals surface area contributed by atoms with Crippen molar-refractivity contribution >= 4 is 23.7 Å². The molecule has 1 aromatic carbocycles. The Balaban J connectivity index is 2.19. The van der Waals surface area contributed by atoms with Crippen LogP contribution in [0.2, 0.25) is 0 Å². The normalized spacial score (nSPS) is 14.9. The van der Waals surface area contributed by atoms with Crippen LogP contribution in [0.25, 0.3) is 12.2 Å². The molecule has 1 aliphatic rings. The molecule has 0 radical (unpaired) electrons. The van der Waals surface area contributed by atoms with E-state index in [1.54, 1.807) is 18.0 Å². The molecule has 3 nitrogen and oxygen atoms in total. The molecule has 0 aliphatic carbocycles. The van der Waals surface area contributed by atoms with E-state index in [-0.39, 0.29) is 5.91 Å². The van der Waals surface area contributed by atoms with Crippen LogP contribution in [-0.4, -0.2) is 10.9 Å². The Labute approximate surface area is 112 Å². The number of carbonyl (C=O) groups is 1. The van der Waals surface area contributed by atoms with Gasteiger partial charge in [-0.1, -0.05) is 36.4 Å². The lowest BCUT2D eigenvalue weighted by atomic mass is 10.0.